The Kier molecular flexibility index (Phi) is 3.48. The molecule has 5 aliphatic rings. The highest BCUT2D eigenvalue weighted by Gasteiger charge is 2.60. The second kappa shape index (κ2) is 5.33. The van der Waals surface area contributed by atoms with Gasteiger partial charge in [0, 0.05) is 12.8 Å². The number of hydrogen-bond acceptors (Lipinski definition) is 3. The average Bonchev–Trinajstić information content (AvgIpc) is 3.19. The predicted octanol–water partition coefficient (Wildman–Crippen LogP) is 4.83. The minimum atomic E-state index is -0.305. The van der Waals surface area contributed by atoms with Crippen LogP contribution in [0.3, 0.4) is 0 Å². The van der Waals surface area contributed by atoms with Gasteiger partial charge in [-0.2, -0.15) is 5.26 Å². The van der Waals surface area contributed by atoms with Gasteiger partial charge in [-0.1, -0.05) is 25.5 Å². The fraction of sp³-hybridized carbons (Fsp3) is 0.864. The highest BCUT2D eigenvalue weighted by molar-refractivity contribution is 5.27. The standard InChI is InChI=1S/C22H31NO2/c1-20-8-7-19-17(18(20)6-4-16(20)14-23)5-3-15-13-22(24-11-12-25-22)10-9-21(15,19)2/h3,16-19H,4-13H2,1-2H3. The van der Waals surface area contributed by atoms with Gasteiger partial charge < -0.3 is 9.47 Å². The van der Waals surface area contributed by atoms with Gasteiger partial charge in [-0.15, -0.1) is 0 Å². The molecule has 136 valence electrons. The lowest BCUT2D eigenvalue weighted by Crippen LogP contribution is -2.52. The summed E-state index contributed by atoms with van der Waals surface area (Å²) in [7, 11) is 0. The summed E-state index contributed by atoms with van der Waals surface area (Å²) in [6.07, 6.45) is 11.9. The summed E-state index contributed by atoms with van der Waals surface area (Å²) in [5, 5.41) is 9.63. The van der Waals surface area contributed by atoms with Crippen LogP contribution in [0, 0.1) is 45.8 Å². The van der Waals surface area contributed by atoms with E-state index in [1.807, 2.05) is 0 Å². The zero-order valence-electron chi connectivity index (χ0n) is 15.7. The van der Waals surface area contributed by atoms with E-state index in [2.05, 4.69) is 26.0 Å². The van der Waals surface area contributed by atoms with Crippen LogP contribution in [0.5, 0.6) is 0 Å². The van der Waals surface area contributed by atoms with Crippen LogP contribution < -0.4 is 0 Å². The highest BCUT2D eigenvalue weighted by Crippen LogP contribution is 2.66. The number of fused-ring (bicyclic) bond motifs is 5. The molecular weight excluding hydrogens is 310 g/mol. The molecule has 1 spiro atoms. The van der Waals surface area contributed by atoms with Crippen molar-refractivity contribution in [3.63, 3.8) is 0 Å². The molecule has 6 atom stereocenters. The van der Waals surface area contributed by atoms with Gasteiger partial charge >= 0.3 is 0 Å². The smallest absolute Gasteiger partial charge is 0.172 e. The molecule has 3 nitrogen and oxygen atoms in total. The summed E-state index contributed by atoms with van der Waals surface area (Å²) in [5.74, 6) is 2.31. The Morgan fingerprint density at radius 1 is 1.04 bits per heavy atom. The van der Waals surface area contributed by atoms with Crippen molar-refractivity contribution in [2.75, 3.05) is 13.2 Å². The molecule has 0 N–H and O–H groups in total. The van der Waals surface area contributed by atoms with Crippen LogP contribution in [-0.4, -0.2) is 19.0 Å². The molecule has 25 heavy (non-hydrogen) atoms. The van der Waals surface area contributed by atoms with Crippen molar-refractivity contribution in [1.29, 1.82) is 5.26 Å². The van der Waals surface area contributed by atoms with Crippen LogP contribution in [0.2, 0.25) is 0 Å². The minimum absolute atomic E-state index is 0.269. The lowest BCUT2D eigenvalue weighted by molar-refractivity contribution is -0.185. The van der Waals surface area contributed by atoms with Gasteiger partial charge in [-0.25, -0.2) is 0 Å². The molecule has 1 aliphatic heterocycles. The van der Waals surface area contributed by atoms with Crippen LogP contribution in [0.4, 0.5) is 0 Å². The third-order valence-corrected chi connectivity index (χ3v) is 9.08. The largest absolute Gasteiger partial charge is 0.347 e. The van der Waals surface area contributed by atoms with E-state index in [4.69, 9.17) is 9.47 Å². The first-order chi connectivity index (χ1) is 12.0. The van der Waals surface area contributed by atoms with Gasteiger partial charge in [0.05, 0.1) is 25.2 Å². The molecule has 1 saturated heterocycles. The fourth-order valence-electron chi connectivity index (χ4n) is 7.56. The Bertz CT molecular complexity index is 643. The lowest BCUT2D eigenvalue weighted by Gasteiger charge is -2.58. The maximum absolute atomic E-state index is 9.63. The van der Waals surface area contributed by atoms with Crippen LogP contribution >= 0.6 is 0 Å². The monoisotopic (exact) mass is 341 g/mol. The summed E-state index contributed by atoms with van der Waals surface area (Å²) in [4.78, 5) is 0. The number of hydrogen-bond donors (Lipinski definition) is 0. The van der Waals surface area contributed by atoms with E-state index in [0.717, 1.165) is 50.2 Å². The first kappa shape index (κ1) is 16.3. The molecule has 0 radical (unpaired) electrons. The van der Waals surface area contributed by atoms with E-state index in [9.17, 15) is 5.26 Å². The van der Waals surface area contributed by atoms with Gasteiger partial charge in [-0.05, 0) is 67.1 Å². The van der Waals surface area contributed by atoms with Crippen molar-refractivity contribution in [1.82, 2.24) is 0 Å². The molecule has 5 rings (SSSR count). The molecule has 0 amide bonds. The molecule has 0 aromatic heterocycles. The van der Waals surface area contributed by atoms with Crippen molar-refractivity contribution >= 4 is 0 Å². The average molecular weight is 341 g/mol. The Labute approximate surface area is 151 Å². The van der Waals surface area contributed by atoms with Crippen molar-refractivity contribution < 1.29 is 9.47 Å². The van der Waals surface area contributed by atoms with Crippen LogP contribution in [-0.2, 0) is 9.47 Å². The van der Waals surface area contributed by atoms with Crippen molar-refractivity contribution in [2.24, 2.45) is 34.5 Å². The minimum Gasteiger partial charge on any atom is -0.347 e. The summed E-state index contributed by atoms with van der Waals surface area (Å²) >= 11 is 0. The second-order valence-electron chi connectivity index (χ2n) is 9.85. The summed E-state index contributed by atoms with van der Waals surface area (Å²) in [5.41, 5.74) is 2.21. The second-order valence-corrected chi connectivity index (χ2v) is 9.85. The van der Waals surface area contributed by atoms with Gasteiger partial charge in [0.2, 0.25) is 0 Å². The molecule has 4 fully saturated rings. The lowest BCUT2D eigenvalue weighted by atomic mass is 9.47. The molecule has 3 heteroatoms. The van der Waals surface area contributed by atoms with E-state index >= 15 is 0 Å². The molecule has 3 saturated carbocycles. The topological polar surface area (TPSA) is 42.2 Å². The molecule has 0 aromatic carbocycles. The quantitative estimate of drug-likeness (QED) is 0.593. The molecule has 6 unspecified atom stereocenters. The fourth-order valence-corrected chi connectivity index (χ4v) is 7.56. The maximum atomic E-state index is 9.63. The third kappa shape index (κ3) is 2.10. The first-order valence-corrected chi connectivity index (χ1v) is 10.4. The highest BCUT2D eigenvalue weighted by atomic mass is 16.7. The maximum Gasteiger partial charge on any atom is 0.172 e. The van der Waals surface area contributed by atoms with E-state index in [-0.39, 0.29) is 17.1 Å². The molecule has 0 bridgehead atoms. The molecule has 1 heterocycles. The number of ether oxygens (including phenoxy) is 2. The summed E-state index contributed by atoms with van der Waals surface area (Å²) in [6, 6.07) is 2.65. The molecule has 0 aromatic rings. The number of allylic oxidation sites excluding steroid dienone is 1. The van der Waals surface area contributed by atoms with Gasteiger partial charge in [0.25, 0.3) is 0 Å². The van der Waals surface area contributed by atoms with Gasteiger partial charge in [-0.3, -0.25) is 0 Å². The Morgan fingerprint density at radius 3 is 2.60 bits per heavy atom. The Hall–Kier alpha value is -0.850. The molecule has 4 aliphatic carbocycles. The third-order valence-electron chi connectivity index (χ3n) is 9.08. The van der Waals surface area contributed by atoms with Crippen molar-refractivity contribution in [3.05, 3.63) is 11.6 Å². The normalized spacial score (nSPS) is 50.5. The number of nitriles is 1. The number of rotatable bonds is 0. The van der Waals surface area contributed by atoms with E-state index in [1.165, 1.54) is 32.1 Å². The van der Waals surface area contributed by atoms with Crippen LogP contribution in [0.15, 0.2) is 11.6 Å². The van der Waals surface area contributed by atoms with Crippen LogP contribution in [0.25, 0.3) is 0 Å². The number of nitrogens with zero attached hydrogens (tertiary/aromatic N) is 1. The predicted molar refractivity (Wildman–Crippen MR) is 95.4 cm³/mol. The van der Waals surface area contributed by atoms with Gasteiger partial charge in [0.15, 0.2) is 5.79 Å². The molecular formula is C22H31NO2. The van der Waals surface area contributed by atoms with Crippen LogP contribution in [0.1, 0.15) is 65.2 Å². The summed E-state index contributed by atoms with van der Waals surface area (Å²) < 4.78 is 12.1. The Balaban J connectivity index is 1.45. The zero-order valence-corrected chi connectivity index (χ0v) is 15.7. The van der Waals surface area contributed by atoms with Crippen molar-refractivity contribution in [3.8, 4) is 6.07 Å². The van der Waals surface area contributed by atoms with Gasteiger partial charge in [0.1, 0.15) is 0 Å². The van der Waals surface area contributed by atoms with E-state index in [0.29, 0.717) is 5.41 Å². The SMILES string of the molecule is CC12CCC3(CC1=CCC1C2CCC2(C)C(C#N)CCC12)OCCO3. The van der Waals surface area contributed by atoms with E-state index < -0.39 is 0 Å². The zero-order chi connectivity index (χ0) is 17.3. The van der Waals surface area contributed by atoms with Crippen molar-refractivity contribution in [2.45, 2.75) is 71.0 Å². The Morgan fingerprint density at radius 2 is 1.84 bits per heavy atom. The van der Waals surface area contributed by atoms with E-state index in [1.54, 1.807) is 5.57 Å². The summed E-state index contributed by atoms with van der Waals surface area (Å²) in [6.45, 7) is 6.46. The first-order valence-electron chi connectivity index (χ1n) is 10.4.